The van der Waals surface area contributed by atoms with Gasteiger partial charge >= 0.3 is 6.18 Å². The first-order valence-corrected chi connectivity index (χ1v) is 6.28. The molecular weight excluding hydrogens is 263 g/mol. The number of rotatable bonds is 4. The maximum absolute atomic E-state index is 12.4. The molecule has 1 aromatic carbocycles. The molecule has 1 aromatic heterocycles. The van der Waals surface area contributed by atoms with Gasteiger partial charge in [-0.25, -0.2) is 0 Å². The largest absolute Gasteiger partial charge is 0.416 e. The van der Waals surface area contributed by atoms with Gasteiger partial charge in [-0.05, 0) is 48.2 Å². The normalized spacial score (nSPS) is 11.9. The molecule has 1 heterocycles. The number of pyridine rings is 1. The van der Waals surface area contributed by atoms with E-state index in [2.05, 4.69) is 4.98 Å². The van der Waals surface area contributed by atoms with Crippen molar-refractivity contribution in [1.29, 1.82) is 0 Å². The maximum atomic E-state index is 12.4. The lowest BCUT2D eigenvalue weighted by molar-refractivity contribution is -0.137. The van der Waals surface area contributed by atoms with E-state index in [0.717, 1.165) is 36.1 Å². The second-order valence-corrected chi connectivity index (χ2v) is 4.42. The van der Waals surface area contributed by atoms with Gasteiger partial charge in [0.2, 0.25) is 0 Å². The maximum Gasteiger partial charge on any atom is 0.416 e. The first-order chi connectivity index (χ1) is 9.55. The van der Waals surface area contributed by atoms with Crippen molar-refractivity contribution in [2.75, 3.05) is 0 Å². The van der Waals surface area contributed by atoms with Gasteiger partial charge in [0, 0.05) is 12.4 Å². The fourth-order valence-electron chi connectivity index (χ4n) is 1.80. The zero-order chi connectivity index (χ0) is 14.4. The molecule has 0 atom stereocenters. The molecule has 0 aliphatic rings. The third-order valence-electron chi connectivity index (χ3n) is 2.90. The van der Waals surface area contributed by atoms with E-state index in [9.17, 15) is 13.2 Å². The van der Waals surface area contributed by atoms with Crippen LogP contribution in [-0.2, 0) is 12.6 Å². The van der Waals surface area contributed by atoms with E-state index < -0.39 is 11.7 Å². The van der Waals surface area contributed by atoms with Crippen molar-refractivity contribution in [3.63, 3.8) is 0 Å². The van der Waals surface area contributed by atoms with E-state index in [0.29, 0.717) is 0 Å². The minimum Gasteiger partial charge on any atom is -0.265 e. The summed E-state index contributed by atoms with van der Waals surface area (Å²) in [5.74, 6) is 0. The van der Waals surface area contributed by atoms with Gasteiger partial charge in [0.25, 0.3) is 0 Å². The Kier molecular flexibility index (Phi) is 4.56. The molecule has 0 bridgehead atoms. The van der Waals surface area contributed by atoms with Crippen LogP contribution >= 0.6 is 0 Å². The van der Waals surface area contributed by atoms with Gasteiger partial charge in [-0.2, -0.15) is 13.2 Å². The standard InChI is InChI=1S/C16H14F3N/c17-16(18,19)15-7-5-13(6-8-15)3-1-2-4-14-9-11-20-12-10-14/h2,4-12H,1,3H2. The monoisotopic (exact) mass is 277 g/mol. The van der Waals surface area contributed by atoms with Crippen LogP contribution in [0.5, 0.6) is 0 Å². The highest BCUT2D eigenvalue weighted by Gasteiger charge is 2.29. The number of nitrogens with zero attached hydrogens (tertiary/aromatic N) is 1. The number of allylic oxidation sites excluding steroid dienone is 1. The van der Waals surface area contributed by atoms with Gasteiger partial charge in [0.15, 0.2) is 0 Å². The molecule has 104 valence electrons. The molecule has 0 unspecified atom stereocenters. The molecule has 0 fully saturated rings. The van der Waals surface area contributed by atoms with Crippen molar-refractivity contribution >= 4 is 6.08 Å². The van der Waals surface area contributed by atoms with Crippen LogP contribution in [0.3, 0.4) is 0 Å². The van der Waals surface area contributed by atoms with Gasteiger partial charge in [-0.3, -0.25) is 4.98 Å². The Morgan fingerprint density at radius 3 is 2.20 bits per heavy atom. The molecule has 0 amide bonds. The number of aryl methyl sites for hydroxylation is 1. The summed E-state index contributed by atoms with van der Waals surface area (Å²) in [5, 5.41) is 0. The molecular formula is C16H14F3N. The van der Waals surface area contributed by atoms with Crippen LogP contribution in [0.4, 0.5) is 13.2 Å². The van der Waals surface area contributed by atoms with E-state index >= 15 is 0 Å². The summed E-state index contributed by atoms with van der Waals surface area (Å²) < 4.78 is 37.2. The van der Waals surface area contributed by atoms with E-state index in [1.54, 1.807) is 12.4 Å². The number of halogens is 3. The fourth-order valence-corrected chi connectivity index (χ4v) is 1.80. The summed E-state index contributed by atoms with van der Waals surface area (Å²) in [4.78, 5) is 3.92. The summed E-state index contributed by atoms with van der Waals surface area (Å²) in [6, 6.07) is 9.11. The quantitative estimate of drug-likeness (QED) is 0.786. The van der Waals surface area contributed by atoms with E-state index in [1.165, 1.54) is 12.1 Å². The summed E-state index contributed by atoms with van der Waals surface area (Å²) in [7, 11) is 0. The molecule has 0 N–H and O–H groups in total. The van der Waals surface area contributed by atoms with Crippen molar-refractivity contribution in [3.8, 4) is 0 Å². The zero-order valence-corrected chi connectivity index (χ0v) is 10.8. The smallest absolute Gasteiger partial charge is 0.265 e. The predicted octanol–water partition coefficient (Wildman–Crippen LogP) is 4.75. The molecule has 0 aliphatic heterocycles. The molecule has 0 saturated carbocycles. The Bertz CT molecular complexity index is 557. The van der Waals surface area contributed by atoms with Crippen LogP contribution in [0.25, 0.3) is 6.08 Å². The van der Waals surface area contributed by atoms with E-state index in [-0.39, 0.29) is 0 Å². The lowest BCUT2D eigenvalue weighted by atomic mass is 10.1. The average molecular weight is 277 g/mol. The summed E-state index contributed by atoms with van der Waals surface area (Å²) in [6.07, 6.45) is 4.66. The third kappa shape index (κ3) is 4.23. The lowest BCUT2D eigenvalue weighted by Crippen LogP contribution is -2.04. The van der Waals surface area contributed by atoms with Crippen LogP contribution in [-0.4, -0.2) is 4.98 Å². The van der Waals surface area contributed by atoms with Crippen molar-refractivity contribution in [1.82, 2.24) is 4.98 Å². The minimum absolute atomic E-state index is 0.603. The summed E-state index contributed by atoms with van der Waals surface area (Å²) in [5.41, 5.74) is 1.36. The second kappa shape index (κ2) is 6.37. The summed E-state index contributed by atoms with van der Waals surface area (Å²) in [6.45, 7) is 0. The minimum atomic E-state index is -4.26. The molecule has 0 radical (unpaired) electrons. The average Bonchev–Trinajstić information content (AvgIpc) is 2.44. The highest BCUT2D eigenvalue weighted by atomic mass is 19.4. The fraction of sp³-hybridized carbons (Fsp3) is 0.188. The molecule has 2 aromatic rings. The van der Waals surface area contributed by atoms with Crippen LogP contribution < -0.4 is 0 Å². The lowest BCUT2D eigenvalue weighted by Gasteiger charge is -2.06. The number of hydrogen-bond acceptors (Lipinski definition) is 1. The zero-order valence-electron chi connectivity index (χ0n) is 10.8. The van der Waals surface area contributed by atoms with Crippen LogP contribution in [0, 0.1) is 0 Å². The van der Waals surface area contributed by atoms with E-state index in [1.807, 2.05) is 24.3 Å². The highest BCUT2D eigenvalue weighted by Crippen LogP contribution is 2.29. The molecule has 0 aliphatic carbocycles. The van der Waals surface area contributed by atoms with Crippen LogP contribution in [0.1, 0.15) is 23.1 Å². The molecule has 4 heteroatoms. The van der Waals surface area contributed by atoms with Gasteiger partial charge in [-0.1, -0.05) is 24.3 Å². The van der Waals surface area contributed by atoms with Gasteiger partial charge < -0.3 is 0 Å². The summed E-state index contributed by atoms with van der Waals surface area (Å²) >= 11 is 0. The van der Waals surface area contributed by atoms with Crippen LogP contribution in [0.15, 0.2) is 54.9 Å². The molecule has 0 spiro atoms. The van der Waals surface area contributed by atoms with Crippen molar-refractivity contribution < 1.29 is 13.2 Å². The van der Waals surface area contributed by atoms with Crippen molar-refractivity contribution in [3.05, 3.63) is 71.6 Å². The number of alkyl halides is 3. The highest BCUT2D eigenvalue weighted by molar-refractivity contribution is 5.47. The van der Waals surface area contributed by atoms with Crippen molar-refractivity contribution in [2.45, 2.75) is 19.0 Å². The van der Waals surface area contributed by atoms with Gasteiger partial charge in [0.05, 0.1) is 5.56 Å². The Labute approximate surface area is 115 Å². The van der Waals surface area contributed by atoms with Gasteiger partial charge in [-0.15, -0.1) is 0 Å². The molecule has 2 rings (SSSR count). The first kappa shape index (κ1) is 14.3. The Hall–Kier alpha value is -2.10. The SMILES string of the molecule is FC(F)(F)c1ccc(CCC=Cc2ccncc2)cc1. The molecule has 20 heavy (non-hydrogen) atoms. The Balaban J connectivity index is 1.87. The third-order valence-corrected chi connectivity index (χ3v) is 2.90. The topological polar surface area (TPSA) is 12.9 Å². The predicted molar refractivity (Wildman–Crippen MR) is 73.0 cm³/mol. The van der Waals surface area contributed by atoms with Gasteiger partial charge in [0.1, 0.15) is 0 Å². The Morgan fingerprint density at radius 2 is 1.60 bits per heavy atom. The van der Waals surface area contributed by atoms with Crippen molar-refractivity contribution in [2.24, 2.45) is 0 Å². The Morgan fingerprint density at radius 1 is 0.950 bits per heavy atom. The number of hydrogen-bond donors (Lipinski definition) is 0. The first-order valence-electron chi connectivity index (χ1n) is 6.28. The van der Waals surface area contributed by atoms with Crippen LogP contribution in [0.2, 0.25) is 0 Å². The second-order valence-electron chi connectivity index (χ2n) is 4.42. The molecule has 0 saturated heterocycles. The van der Waals surface area contributed by atoms with E-state index in [4.69, 9.17) is 0 Å². The molecule has 1 nitrogen and oxygen atoms in total. The number of benzene rings is 1. The number of aromatic nitrogens is 1.